The first-order valence-electron chi connectivity index (χ1n) is 4.80. The molecule has 0 radical (unpaired) electrons. The van der Waals surface area contributed by atoms with Gasteiger partial charge in [0.15, 0.2) is 0 Å². The molecule has 96 valence electrons. The number of nitrogens with one attached hydrogen (secondary N) is 1. The zero-order chi connectivity index (χ0) is 13.3. The summed E-state index contributed by atoms with van der Waals surface area (Å²) in [5.41, 5.74) is 0.588. The number of halogens is 2. The molecule has 0 bridgehead atoms. The van der Waals surface area contributed by atoms with Gasteiger partial charge < -0.3 is 4.52 Å². The maximum atomic E-state index is 12.0. The fourth-order valence-corrected chi connectivity index (χ4v) is 2.89. The fourth-order valence-electron chi connectivity index (χ4n) is 1.25. The highest BCUT2D eigenvalue weighted by molar-refractivity contribution is 9.10. The van der Waals surface area contributed by atoms with Crippen LogP contribution in [-0.4, -0.2) is 13.6 Å². The number of aryl methyl sites for hydroxylation is 1. The average molecular weight is 352 g/mol. The molecule has 1 aromatic carbocycles. The van der Waals surface area contributed by atoms with Crippen LogP contribution in [0.4, 0.5) is 5.88 Å². The van der Waals surface area contributed by atoms with E-state index in [1.54, 1.807) is 6.92 Å². The molecule has 5 nitrogen and oxygen atoms in total. The van der Waals surface area contributed by atoms with Crippen LogP contribution in [0.15, 0.2) is 38.2 Å². The van der Waals surface area contributed by atoms with Gasteiger partial charge in [-0.1, -0.05) is 16.8 Å². The van der Waals surface area contributed by atoms with Crippen molar-refractivity contribution in [2.45, 2.75) is 11.8 Å². The van der Waals surface area contributed by atoms with E-state index in [2.05, 4.69) is 25.8 Å². The lowest BCUT2D eigenvalue weighted by Crippen LogP contribution is -2.12. The Morgan fingerprint density at radius 2 is 2.11 bits per heavy atom. The highest BCUT2D eigenvalue weighted by Crippen LogP contribution is 2.26. The van der Waals surface area contributed by atoms with Gasteiger partial charge in [0.2, 0.25) is 5.88 Å². The Labute approximate surface area is 117 Å². The van der Waals surface area contributed by atoms with Gasteiger partial charge in [-0.05, 0) is 41.1 Å². The molecule has 1 heterocycles. The van der Waals surface area contributed by atoms with Crippen LogP contribution in [-0.2, 0) is 10.0 Å². The van der Waals surface area contributed by atoms with Gasteiger partial charge in [0.1, 0.15) is 0 Å². The van der Waals surface area contributed by atoms with E-state index in [9.17, 15) is 8.42 Å². The van der Waals surface area contributed by atoms with Crippen molar-refractivity contribution in [3.8, 4) is 0 Å². The number of rotatable bonds is 3. The van der Waals surface area contributed by atoms with Crippen LogP contribution < -0.4 is 4.72 Å². The summed E-state index contributed by atoms with van der Waals surface area (Å²) in [5, 5.41) is 4.03. The molecule has 0 spiro atoms. The Morgan fingerprint density at radius 1 is 1.39 bits per heavy atom. The zero-order valence-corrected chi connectivity index (χ0v) is 12.3. The lowest BCUT2D eigenvalue weighted by atomic mass is 10.4. The standard InChI is InChI=1S/C10H8BrClN2O3S/c1-6-4-10(17-13-6)14-18(15,16)7-2-3-9(12)8(11)5-7/h2-5,14H,1H3. The Balaban J connectivity index is 2.33. The van der Waals surface area contributed by atoms with Crippen LogP contribution in [0.2, 0.25) is 5.02 Å². The third-order valence-electron chi connectivity index (χ3n) is 2.06. The van der Waals surface area contributed by atoms with E-state index in [1.165, 1.54) is 24.3 Å². The lowest BCUT2D eigenvalue weighted by Gasteiger charge is -2.05. The second kappa shape index (κ2) is 4.91. The van der Waals surface area contributed by atoms with Crippen molar-refractivity contribution in [2.24, 2.45) is 0 Å². The molecule has 0 aliphatic rings. The van der Waals surface area contributed by atoms with E-state index in [0.717, 1.165) is 0 Å². The van der Waals surface area contributed by atoms with Crippen molar-refractivity contribution in [2.75, 3.05) is 4.72 Å². The molecule has 1 aromatic heterocycles. The zero-order valence-electron chi connectivity index (χ0n) is 9.15. The second-order valence-electron chi connectivity index (χ2n) is 3.51. The summed E-state index contributed by atoms with van der Waals surface area (Å²) in [4.78, 5) is 0.0767. The largest absolute Gasteiger partial charge is 0.338 e. The van der Waals surface area contributed by atoms with Crippen LogP contribution in [0.1, 0.15) is 5.69 Å². The number of nitrogens with zero attached hydrogens (tertiary/aromatic N) is 1. The second-order valence-corrected chi connectivity index (χ2v) is 6.46. The number of hydrogen-bond acceptors (Lipinski definition) is 4. The third-order valence-corrected chi connectivity index (χ3v) is 4.62. The number of anilines is 1. The van der Waals surface area contributed by atoms with Gasteiger partial charge in [-0.25, -0.2) is 13.1 Å². The van der Waals surface area contributed by atoms with Crippen molar-refractivity contribution in [3.63, 3.8) is 0 Å². The van der Waals surface area contributed by atoms with Gasteiger partial charge in [-0.2, -0.15) is 0 Å². The molecule has 0 amide bonds. The Kier molecular flexibility index (Phi) is 3.65. The average Bonchev–Trinajstić information content (AvgIpc) is 2.67. The van der Waals surface area contributed by atoms with Crippen molar-refractivity contribution >= 4 is 43.4 Å². The molecule has 18 heavy (non-hydrogen) atoms. The molecule has 1 N–H and O–H groups in total. The monoisotopic (exact) mass is 350 g/mol. The maximum Gasteiger partial charge on any atom is 0.264 e. The Hall–Kier alpha value is -1.05. The van der Waals surface area contributed by atoms with Crippen LogP contribution in [0.25, 0.3) is 0 Å². The van der Waals surface area contributed by atoms with Crippen LogP contribution in [0.3, 0.4) is 0 Å². The van der Waals surface area contributed by atoms with Crippen LogP contribution >= 0.6 is 27.5 Å². The highest BCUT2D eigenvalue weighted by atomic mass is 79.9. The van der Waals surface area contributed by atoms with Gasteiger partial charge in [0.25, 0.3) is 10.0 Å². The summed E-state index contributed by atoms with van der Waals surface area (Å²) in [6.07, 6.45) is 0. The topological polar surface area (TPSA) is 72.2 Å². The predicted octanol–water partition coefficient (Wildman–Crippen LogP) is 3.20. The van der Waals surface area contributed by atoms with E-state index in [4.69, 9.17) is 16.1 Å². The Morgan fingerprint density at radius 3 is 2.67 bits per heavy atom. The summed E-state index contributed by atoms with van der Waals surface area (Å²) in [7, 11) is -3.71. The van der Waals surface area contributed by atoms with E-state index in [0.29, 0.717) is 15.2 Å². The summed E-state index contributed by atoms with van der Waals surface area (Å²) in [6, 6.07) is 5.79. The van der Waals surface area contributed by atoms with Crippen molar-refractivity contribution < 1.29 is 12.9 Å². The SMILES string of the molecule is Cc1cc(NS(=O)(=O)c2ccc(Cl)c(Br)c2)on1. The van der Waals surface area contributed by atoms with Crippen molar-refractivity contribution in [1.29, 1.82) is 0 Å². The summed E-state index contributed by atoms with van der Waals surface area (Å²) in [5.74, 6) is 0.0681. The molecule has 0 saturated carbocycles. The first-order valence-corrected chi connectivity index (χ1v) is 7.45. The fraction of sp³-hybridized carbons (Fsp3) is 0.100. The van der Waals surface area contributed by atoms with E-state index < -0.39 is 10.0 Å². The summed E-state index contributed by atoms with van der Waals surface area (Å²) in [6.45, 7) is 1.69. The lowest BCUT2D eigenvalue weighted by molar-refractivity contribution is 0.430. The smallest absolute Gasteiger partial charge is 0.264 e. The van der Waals surface area contributed by atoms with Gasteiger partial charge in [0.05, 0.1) is 15.6 Å². The Bertz CT molecular complexity index is 684. The molecule has 0 fully saturated rings. The summed E-state index contributed by atoms with van der Waals surface area (Å²) < 4.78 is 31.6. The molecule has 2 aromatic rings. The first kappa shape index (κ1) is 13.4. The van der Waals surface area contributed by atoms with Gasteiger partial charge in [0, 0.05) is 10.5 Å². The minimum absolute atomic E-state index is 0.0681. The molecular weight excluding hydrogens is 344 g/mol. The van der Waals surface area contributed by atoms with E-state index >= 15 is 0 Å². The molecule has 0 aliphatic carbocycles. The highest BCUT2D eigenvalue weighted by Gasteiger charge is 2.17. The van der Waals surface area contributed by atoms with Gasteiger partial charge in [-0.3, -0.25) is 0 Å². The molecule has 0 saturated heterocycles. The van der Waals surface area contributed by atoms with Crippen molar-refractivity contribution in [1.82, 2.24) is 5.16 Å². The predicted molar refractivity (Wildman–Crippen MR) is 71.2 cm³/mol. The molecular formula is C10H8BrClN2O3S. The van der Waals surface area contributed by atoms with Crippen molar-refractivity contribution in [3.05, 3.63) is 39.5 Å². The van der Waals surface area contributed by atoms with E-state index in [1.807, 2.05) is 0 Å². The minimum atomic E-state index is -3.71. The number of sulfonamides is 1. The molecule has 0 atom stereocenters. The number of aromatic nitrogens is 1. The quantitative estimate of drug-likeness (QED) is 0.921. The van der Waals surface area contributed by atoms with Crippen LogP contribution in [0.5, 0.6) is 0 Å². The summed E-state index contributed by atoms with van der Waals surface area (Å²) >= 11 is 8.97. The van der Waals surface area contributed by atoms with Gasteiger partial charge in [-0.15, -0.1) is 0 Å². The van der Waals surface area contributed by atoms with Gasteiger partial charge >= 0.3 is 0 Å². The normalized spacial score (nSPS) is 11.5. The molecule has 2 rings (SSSR count). The third kappa shape index (κ3) is 2.85. The van der Waals surface area contributed by atoms with Crippen LogP contribution in [0, 0.1) is 6.92 Å². The first-order chi connectivity index (χ1) is 8.38. The maximum absolute atomic E-state index is 12.0. The molecule has 8 heteroatoms. The number of hydrogen-bond donors (Lipinski definition) is 1. The molecule has 0 aliphatic heterocycles. The molecule has 0 unspecified atom stereocenters. The number of benzene rings is 1. The van der Waals surface area contributed by atoms with E-state index in [-0.39, 0.29) is 10.8 Å². The minimum Gasteiger partial charge on any atom is -0.338 e.